The first-order valence-electron chi connectivity index (χ1n) is 7.81. The van der Waals surface area contributed by atoms with Crippen LogP contribution in [-0.2, 0) is 0 Å². The van der Waals surface area contributed by atoms with E-state index >= 15 is 0 Å². The lowest BCUT2D eigenvalue weighted by atomic mass is 9.96. The summed E-state index contributed by atoms with van der Waals surface area (Å²) in [6.45, 7) is 1.70. The molecule has 0 aliphatic carbocycles. The van der Waals surface area contributed by atoms with Gasteiger partial charge in [-0.15, -0.1) is 10.2 Å². The van der Waals surface area contributed by atoms with Crippen molar-refractivity contribution >= 4 is 17.4 Å². The van der Waals surface area contributed by atoms with Crippen molar-refractivity contribution in [1.82, 2.24) is 24.6 Å². The molecule has 1 aliphatic rings. The smallest absolute Gasteiger partial charge is 0.337 e. The first-order chi connectivity index (χ1) is 11.7. The number of anilines is 1. The van der Waals surface area contributed by atoms with Crippen molar-refractivity contribution in [2.45, 2.75) is 18.8 Å². The molecule has 4 rings (SSSR count). The Morgan fingerprint density at radius 3 is 2.71 bits per heavy atom. The number of hydrogen-bond donors (Lipinski definition) is 1. The van der Waals surface area contributed by atoms with E-state index in [4.69, 9.17) is 5.11 Å². The monoisotopic (exact) mass is 324 g/mol. The summed E-state index contributed by atoms with van der Waals surface area (Å²) < 4.78 is 1.99. The van der Waals surface area contributed by atoms with E-state index in [1.165, 1.54) is 6.20 Å². The minimum Gasteiger partial charge on any atom is -0.478 e. The second-order valence-corrected chi connectivity index (χ2v) is 5.83. The fraction of sp³-hybridized carbons (Fsp3) is 0.312. The number of carboxylic acid groups (broad SMARTS) is 1. The zero-order chi connectivity index (χ0) is 16.5. The van der Waals surface area contributed by atoms with Gasteiger partial charge in [0, 0.05) is 37.6 Å². The van der Waals surface area contributed by atoms with Gasteiger partial charge in [-0.2, -0.15) is 0 Å². The number of rotatable bonds is 3. The number of fused-ring (bicyclic) bond motifs is 1. The van der Waals surface area contributed by atoms with E-state index < -0.39 is 5.97 Å². The Bertz CT molecular complexity index is 868. The van der Waals surface area contributed by atoms with Crippen molar-refractivity contribution in [3.63, 3.8) is 0 Å². The van der Waals surface area contributed by atoms with E-state index in [0.717, 1.165) is 43.2 Å². The number of piperidine rings is 1. The lowest BCUT2D eigenvalue weighted by Crippen LogP contribution is -2.34. The largest absolute Gasteiger partial charge is 0.478 e. The molecule has 24 heavy (non-hydrogen) atoms. The molecule has 0 amide bonds. The highest BCUT2D eigenvalue weighted by Crippen LogP contribution is 2.28. The van der Waals surface area contributed by atoms with Gasteiger partial charge in [0.05, 0.1) is 11.8 Å². The van der Waals surface area contributed by atoms with Gasteiger partial charge in [-0.3, -0.25) is 9.38 Å². The highest BCUT2D eigenvalue weighted by atomic mass is 16.4. The average molecular weight is 324 g/mol. The molecule has 8 nitrogen and oxygen atoms in total. The van der Waals surface area contributed by atoms with Gasteiger partial charge in [0.2, 0.25) is 0 Å². The van der Waals surface area contributed by atoms with Gasteiger partial charge in [-0.05, 0) is 25.0 Å². The van der Waals surface area contributed by atoms with E-state index in [-0.39, 0.29) is 5.56 Å². The molecule has 0 aromatic carbocycles. The number of nitrogens with zero attached hydrogens (tertiary/aromatic N) is 6. The van der Waals surface area contributed by atoms with Crippen molar-refractivity contribution < 1.29 is 9.90 Å². The van der Waals surface area contributed by atoms with Crippen LogP contribution in [0, 0.1) is 0 Å². The van der Waals surface area contributed by atoms with Crippen LogP contribution < -0.4 is 4.90 Å². The summed E-state index contributed by atoms with van der Waals surface area (Å²) in [6, 6.07) is 3.36. The lowest BCUT2D eigenvalue weighted by Gasteiger charge is -2.32. The second kappa shape index (κ2) is 5.88. The molecule has 0 bridgehead atoms. The van der Waals surface area contributed by atoms with Gasteiger partial charge in [0.15, 0.2) is 5.65 Å². The number of aromatic nitrogens is 5. The maximum Gasteiger partial charge on any atom is 0.337 e. The summed E-state index contributed by atoms with van der Waals surface area (Å²) in [5.41, 5.74) is 0.970. The van der Waals surface area contributed by atoms with Crippen LogP contribution >= 0.6 is 0 Å². The fourth-order valence-corrected chi connectivity index (χ4v) is 3.12. The van der Waals surface area contributed by atoms with Crippen LogP contribution in [0.1, 0.15) is 34.9 Å². The number of carboxylic acids is 1. The summed E-state index contributed by atoms with van der Waals surface area (Å²) in [7, 11) is 0. The molecule has 1 saturated heterocycles. The summed E-state index contributed by atoms with van der Waals surface area (Å²) >= 11 is 0. The van der Waals surface area contributed by atoms with Gasteiger partial charge < -0.3 is 10.0 Å². The molecule has 122 valence electrons. The Kier molecular flexibility index (Phi) is 3.56. The molecule has 0 unspecified atom stereocenters. The highest BCUT2D eigenvalue weighted by molar-refractivity contribution is 5.87. The first-order valence-corrected chi connectivity index (χ1v) is 7.81. The van der Waals surface area contributed by atoms with Gasteiger partial charge in [-0.25, -0.2) is 9.78 Å². The molecule has 0 saturated carbocycles. The third-order valence-electron chi connectivity index (χ3n) is 4.42. The molecule has 0 radical (unpaired) electrons. The van der Waals surface area contributed by atoms with Crippen molar-refractivity contribution in [3.05, 3.63) is 48.3 Å². The number of aromatic carboxylic acids is 1. The Hall–Kier alpha value is -3.03. The molecule has 1 aliphatic heterocycles. The molecule has 4 heterocycles. The first kappa shape index (κ1) is 14.6. The number of hydrogen-bond acceptors (Lipinski definition) is 6. The highest BCUT2D eigenvalue weighted by Gasteiger charge is 2.25. The fourth-order valence-electron chi connectivity index (χ4n) is 3.12. The van der Waals surface area contributed by atoms with Crippen LogP contribution in [0.4, 0.5) is 5.82 Å². The molecule has 1 fully saturated rings. The van der Waals surface area contributed by atoms with Gasteiger partial charge in [0.25, 0.3) is 0 Å². The van der Waals surface area contributed by atoms with E-state index in [1.807, 2.05) is 10.6 Å². The molecule has 8 heteroatoms. The molecule has 1 N–H and O–H groups in total. The molecule has 0 spiro atoms. The summed E-state index contributed by atoms with van der Waals surface area (Å²) in [5, 5.41) is 17.4. The van der Waals surface area contributed by atoms with Crippen LogP contribution in [-0.4, -0.2) is 48.7 Å². The zero-order valence-electron chi connectivity index (χ0n) is 12.9. The van der Waals surface area contributed by atoms with Gasteiger partial charge in [0.1, 0.15) is 11.6 Å². The van der Waals surface area contributed by atoms with Gasteiger partial charge >= 0.3 is 5.97 Å². The van der Waals surface area contributed by atoms with Crippen LogP contribution in [0.5, 0.6) is 0 Å². The van der Waals surface area contributed by atoms with E-state index in [0.29, 0.717) is 5.92 Å². The van der Waals surface area contributed by atoms with E-state index in [1.54, 1.807) is 24.5 Å². The van der Waals surface area contributed by atoms with Crippen molar-refractivity contribution in [3.8, 4) is 0 Å². The second-order valence-electron chi connectivity index (χ2n) is 5.83. The topological polar surface area (TPSA) is 96.5 Å². The summed E-state index contributed by atoms with van der Waals surface area (Å²) in [6.07, 6.45) is 8.64. The summed E-state index contributed by atoms with van der Waals surface area (Å²) in [5.74, 6) is 1.17. The van der Waals surface area contributed by atoms with Crippen LogP contribution in [0.15, 0.2) is 36.9 Å². The predicted octanol–water partition coefficient (Wildman–Crippen LogP) is 1.60. The Morgan fingerprint density at radius 2 is 2.00 bits per heavy atom. The molecular formula is C16H16N6O2. The third kappa shape index (κ3) is 2.55. The predicted molar refractivity (Wildman–Crippen MR) is 86.2 cm³/mol. The lowest BCUT2D eigenvalue weighted by molar-refractivity contribution is 0.0696. The third-order valence-corrected chi connectivity index (χ3v) is 4.42. The quantitative estimate of drug-likeness (QED) is 0.781. The van der Waals surface area contributed by atoms with Crippen molar-refractivity contribution in [1.29, 1.82) is 0 Å². The number of carbonyl (C=O) groups is 1. The minimum atomic E-state index is -0.957. The SMILES string of the molecule is O=C(O)c1ccc(N2CCC(c3nnc4cnccn34)CC2)nc1. The molecule has 0 atom stereocenters. The van der Waals surface area contributed by atoms with E-state index in [2.05, 4.69) is 25.1 Å². The van der Waals surface area contributed by atoms with Crippen molar-refractivity contribution in [2.75, 3.05) is 18.0 Å². The van der Waals surface area contributed by atoms with Crippen LogP contribution in [0.25, 0.3) is 5.65 Å². The number of pyridine rings is 1. The Balaban J connectivity index is 1.47. The van der Waals surface area contributed by atoms with Gasteiger partial charge in [-0.1, -0.05) is 0 Å². The molecule has 3 aromatic rings. The summed E-state index contributed by atoms with van der Waals surface area (Å²) in [4.78, 5) is 21.4. The normalized spacial score (nSPS) is 15.8. The minimum absolute atomic E-state index is 0.206. The maximum absolute atomic E-state index is 10.9. The molecule has 3 aromatic heterocycles. The molecular weight excluding hydrogens is 308 g/mol. The van der Waals surface area contributed by atoms with E-state index in [9.17, 15) is 4.79 Å². The average Bonchev–Trinajstić information content (AvgIpc) is 3.06. The van der Waals surface area contributed by atoms with Crippen LogP contribution in [0.2, 0.25) is 0 Å². The van der Waals surface area contributed by atoms with Crippen molar-refractivity contribution in [2.24, 2.45) is 0 Å². The zero-order valence-corrected chi connectivity index (χ0v) is 12.9. The maximum atomic E-state index is 10.9. The standard InChI is InChI=1S/C16H16N6O2/c23-16(24)12-1-2-13(18-9-12)21-6-3-11(4-7-21)15-20-19-14-10-17-5-8-22(14)15/h1-2,5,8-11H,3-4,6-7H2,(H,23,24). The van der Waals surface area contributed by atoms with Crippen LogP contribution in [0.3, 0.4) is 0 Å². The Morgan fingerprint density at radius 1 is 1.17 bits per heavy atom. The Labute approximate surface area is 137 Å².